The molecule has 1 aromatic carbocycles. The second-order valence-electron chi connectivity index (χ2n) is 4.97. The van der Waals surface area contributed by atoms with Crippen LogP contribution in [0.3, 0.4) is 0 Å². The number of nitrogens with one attached hydrogen (secondary N) is 1. The SMILES string of the molecule is CC(NC1(C(F)(F)F)CC1)c1nc2ccccc2s1. The third kappa shape index (κ3) is 2.23. The van der Waals surface area contributed by atoms with E-state index in [1.165, 1.54) is 11.3 Å². The number of hydrogen-bond donors (Lipinski definition) is 1. The van der Waals surface area contributed by atoms with Crippen LogP contribution in [0.4, 0.5) is 13.2 Å². The molecule has 1 fully saturated rings. The van der Waals surface area contributed by atoms with Gasteiger partial charge in [0.05, 0.1) is 16.3 Å². The Kier molecular flexibility index (Phi) is 2.83. The highest BCUT2D eigenvalue weighted by Crippen LogP contribution is 2.50. The number of hydrogen-bond acceptors (Lipinski definition) is 3. The van der Waals surface area contributed by atoms with Gasteiger partial charge in [-0.1, -0.05) is 12.1 Å². The Hall–Kier alpha value is -1.14. The standard InChI is InChI=1S/C13H13F3N2S/c1-8(18-12(6-7-12)13(14,15)16)11-17-9-4-2-3-5-10(9)19-11/h2-5,8,18H,6-7H2,1H3. The minimum atomic E-state index is -4.18. The van der Waals surface area contributed by atoms with E-state index in [1.54, 1.807) is 6.92 Å². The van der Waals surface area contributed by atoms with Gasteiger partial charge in [0, 0.05) is 0 Å². The first-order valence-electron chi connectivity index (χ1n) is 6.11. The molecule has 0 bridgehead atoms. The van der Waals surface area contributed by atoms with Gasteiger partial charge in [-0.15, -0.1) is 11.3 Å². The van der Waals surface area contributed by atoms with E-state index in [2.05, 4.69) is 10.3 Å². The second kappa shape index (κ2) is 4.18. The Morgan fingerprint density at radius 2 is 2.00 bits per heavy atom. The molecule has 1 heterocycles. The van der Waals surface area contributed by atoms with Crippen molar-refractivity contribution in [3.05, 3.63) is 29.3 Å². The van der Waals surface area contributed by atoms with Crippen LogP contribution < -0.4 is 5.32 Å². The van der Waals surface area contributed by atoms with E-state index in [4.69, 9.17) is 0 Å². The van der Waals surface area contributed by atoms with E-state index in [0.717, 1.165) is 10.2 Å². The van der Waals surface area contributed by atoms with Crippen LogP contribution >= 0.6 is 11.3 Å². The fraction of sp³-hybridized carbons (Fsp3) is 0.462. The van der Waals surface area contributed by atoms with Gasteiger partial charge < -0.3 is 0 Å². The molecule has 0 spiro atoms. The molecule has 1 aliphatic rings. The summed E-state index contributed by atoms with van der Waals surface area (Å²) in [5.74, 6) is 0. The van der Waals surface area contributed by atoms with Crippen LogP contribution in [-0.2, 0) is 0 Å². The molecule has 2 aromatic rings. The highest BCUT2D eigenvalue weighted by atomic mass is 32.1. The molecule has 1 unspecified atom stereocenters. The Bertz CT molecular complexity index is 568. The summed E-state index contributed by atoms with van der Waals surface area (Å²) in [6.07, 6.45) is -3.87. The summed E-state index contributed by atoms with van der Waals surface area (Å²) in [7, 11) is 0. The average Bonchev–Trinajstić information content (AvgIpc) is 3.00. The molecule has 1 aromatic heterocycles. The molecule has 1 saturated carbocycles. The fourth-order valence-corrected chi connectivity index (χ4v) is 3.16. The van der Waals surface area contributed by atoms with Crippen LogP contribution in [0, 0.1) is 0 Å². The minimum Gasteiger partial charge on any atom is -0.295 e. The molecular formula is C13H13F3N2S. The smallest absolute Gasteiger partial charge is 0.295 e. The van der Waals surface area contributed by atoms with Crippen molar-refractivity contribution >= 4 is 21.6 Å². The van der Waals surface area contributed by atoms with E-state index in [1.807, 2.05) is 24.3 Å². The summed E-state index contributed by atoms with van der Waals surface area (Å²) in [4.78, 5) is 4.40. The lowest BCUT2D eigenvalue weighted by molar-refractivity contribution is -0.167. The molecule has 102 valence electrons. The predicted molar refractivity (Wildman–Crippen MR) is 69.2 cm³/mol. The number of alkyl halides is 3. The third-order valence-electron chi connectivity index (χ3n) is 3.47. The molecule has 19 heavy (non-hydrogen) atoms. The summed E-state index contributed by atoms with van der Waals surface area (Å²) in [5.41, 5.74) is -0.849. The number of para-hydroxylation sites is 1. The number of nitrogens with zero attached hydrogens (tertiary/aromatic N) is 1. The van der Waals surface area contributed by atoms with E-state index in [9.17, 15) is 13.2 Å². The van der Waals surface area contributed by atoms with Gasteiger partial charge in [-0.05, 0) is 31.9 Å². The lowest BCUT2D eigenvalue weighted by Crippen LogP contribution is -2.45. The highest BCUT2D eigenvalue weighted by Gasteiger charge is 2.63. The normalized spacial score (nSPS) is 19.6. The van der Waals surface area contributed by atoms with Gasteiger partial charge in [0.25, 0.3) is 0 Å². The molecule has 3 rings (SSSR count). The van der Waals surface area contributed by atoms with E-state index < -0.39 is 11.7 Å². The number of benzene rings is 1. The zero-order valence-electron chi connectivity index (χ0n) is 10.3. The molecule has 1 atom stereocenters. The van der Waals surface area contributed by atoms with Crippen LogP contribution in [0.5, 0.6) is 0 Å². The Balaban J connectivity index is 1.83. The summed E-state index contributed by atoms with van der Waals surface area (Å²) in [5, 5.41) is 3.41. The van der Waals surface area contributed by atoms with Gasteiger partial charge >= 0.3 is 6.18 Å². The van der Waals surface area contributed by atoms with E-state index in [0.29, 0.717) is 5.01 Å². The Labute approximate surface area is 112 Å². The number of aromatic nitrogens is 1. The van der Waals surface area contributed by atoms with Crippen molar-refractivity contribution in [1.82, 2.24) is 10.3 Å². The largest absolute Gasteiger partial charge is 0.406 e. The molecule has 2 nitrogen and oxygen atoms in total. The van der Waals surface area contributed by atoms with Crippen molar-refractivity contribution in [3.8, 4) is 0 Å². The van der Waals surface area contributed by atoms with E-state index >= 15 is 0 Å². The first-order chi connectivity index (χ1) is 8.91. The monoisotopic (exact) mass is 286 g/mol. The van der Waals surface area contributed by atoms with Crippen LogP contribution in [0.25, 0.3) is 10.2 Å². The van der Waals surface area contributed by atoms with Gasteiger partial charge in [-0.25, -0.2) is 4.98 Å². The lowest BCUT2D eigenvalue weighted by Gasteiger charge is -2.24. The van der Waals surface area contributed by atoms with Crippen molar-refractivity contribution < 1.29 is 13.2 Å². The minimum absolute atomic E-state index is 0.158. The maximum absolute atomic E-state index is 12.9. The fourth-order valence-electron chi connectivity index (χ4n) is 2.19. The van der Waals surface area contributed by atoms with Gasteiger partial charge in [0.2, 0.25) is 0 Å². The van der Waals surface area contributed by atoms with Crippen molar-refractivity contribution in [2.24, 2.45) is 0 Å². The zero-order valence-corrected chi connectivity index (χ0v) is 11.1. The maximum Gasteiger partial charge on any atom is 0.406 e. The molecule has 0 aliphatic heterocycles. The molecule has 1 aliphatic carbocycles. The first kappa shape index (κ1) is 12.9. The summed E-state index contributed by atoms with van der Waals surface area (Å²) in [6, 6.07) is 7.20. The van der Waals surface area contributed by atoms with Crippen LogP contribution in [-0.4, -0.2) is 16.7 Å². The van der Waals surface area contributed by atoms with Crippen LogP contribution in [0.15, 0.2) is 24.3 Å². The average molecular weight is 286 g/mol. The molecule has 0 amide bonds. The number of halogens is 3. The van der Waals surface area contributed by atoms with Crippen molar-refractivity contribution in [2.75, 3.05) is 0 Å². The Morgan fingerprint density at radius 3 is 2.58 bits per heavy atom. The summed E-state index contributed by atoms with van der Waals surface area (Å²) in [6.45, 7) is 1.74. The quantitative estimate of drug-likeness (QED) is 0.921. The summed E-state index contributed by atoms with van der Waals surface area (Å²) < 4.78 is 39.7. The van der Waals surface area contributed by atoms with Gasteiger partial charge in [0.15, 0.2) is 0 Å². The van der Waals surface area contributed by atoms with Gasteiger partial charge in [-0.3, -0.25) is 5.32 Å². The van der Waals surface area contributed by atoms with Crippen LogP contribution in [0.2, 0.25) is 0 Å². The van der Waals surface area contributed by atoms with Crippen molar-refractivity contribution in [1.29, 1.82) is 0 Å². The van der Waals surface area contributed by atoms with Crippen molar-refractivity contribution in [2.45, 2.75) is 37.5 Å². The number of thiazole rings is 1. The molecule has 6 heteroatoms. The maximum atomic E-state index is 12.9. The third-order valence-corrected chi connectivity index (χ3v) is 4.69. The predicted octanol–water partition coefficient (Wildman–Crippen LogP) is 4.04. The highest BCUT2D eigenvalue weighted by molar-refractivity contribution is 7.18. The molecule has 0 saturated heterocycles. The van der Waals surface area contributed by atoms with Gasteiger partial charge in [0.1, 0.15) is 10.5 Å². The molecule has 1 N–H and O–H groups in total. The lowest BCUT2D eigenvalue weighted by atomic mass is 10.2. The Morgan fingerprint density at radius 1 is 1.32 bits per heavy atom. The zero-order chi connectivity index (χ0) is 13.7. The summed E-state index contributed by atoms with van der Waals surface area (Å²) >= 11 is 1.44. The van der Waals surface area contributed by atoms with E-state index in [-0.39, 0.29) is 18.9 Å². The second-order valence-corrected chi connectivity index (χ2v) is 6.03. The van der Waals surface area contributed by atoms with Crippen LogP contribution in [0.1, 0.15) is 30.8 Å². The number of fused-ring (bicyclic) bond motifs is 1. The molecule has 0 radical (unpaired) electrons. The molecular weight excluding hydrogens is 273 g/mol. The van der Waals surface area contributed by atoms with Gasteiger partial charge in [-0.2, -0.15) is 13.2 Å². The topological polar surface area (TPSA) is 24.9 Å². The van der Waals surface area contributed by atoms with Crippen molar-refractivity contribution in [3.63, 3.8) is 0 Å². The number of rotatable bonds is 3. The first-order valence-corrected chi connectivity index (χ1v) is 6.93.